The average Bonchev–Trinajstić information content (AvgIpc) is 2.61. The highest BCUT2D eigenvalue weighted by molar-refractivity contribution is 5.18. The van der Waals surface area contributed by atoms with Gasteiger partial charge in [-0.05, 0) is 20.3 Å². The van der Waals surface area contributed by atoms with Gasteiger partial charge in [0.2, 0.25) is 0 Å². The summed E-state index contributed by atoms with van der Waals surface area (Å²) in [5, 5.41) is 4.63. The van der Waals surface area contributed by atoms with Crippen LogP contribution in [0.2, 0.25) is 0 Å². The van der Waals surface area contributed by atoms with Gasteiger partial charge in [-0.2, -0.15) is 5.10 Å². The van der Waals surface area contributed by atoms with Gasteiger partial charge in [0.15, 0.2) is 0 Å². The summed E-state index contributed by atoms with van der Waals surface area (Å²) in [4.78, 5) is 0. The van der Waals surface area contributed by atoms with Gasteiger partial charge in [-0.25, -0.2) is 0 Å². The number of fused-ring (bicyclic) bond motifs is 1. The number of aromatic nitrogens is 2. The van der Waals surface area contributed by atoms with Crippen LogP contribution in [0, 0.1) is 0 Å². The van der Waals surface area contributed by atoms with Crippen LogP contribution in [0.1, 0.15) is 38.4 Å². The van der Waals surface area contributed by atoms with Gasteiger partial charge in [-0.3, -0.25) is 4.68 Å². The van der Waals surface area contributed by atoms with E-state index in [-0.39, 0.29) is 5.54 Å². The van der Waals surface area contributed by atoms with Crippen molar-refractivity contribution in [2.45, 2.75) is 45.8 Å². The molecule has 78 valence electrons. The van der Waals surface area contributed by atoms with Crippen molar-refractivity contribution >= 4 is 0 Å². The predicted molar refractivity (Wildman–Crippen MR) is 55.2 cm³/mol. The lowest BCUT2D eigenvalue weighted by molar-refractivity contribution is 0.110. The van der Waals surface area contributed by atoms with Gasteiger partial charge in [0.05, 0.1) is 24.4 Å². The predicted octanol–water partition coefficient (Wildman–Crippen LogP) is 2.10. The van der Waals surface area contributed by atoms with E-state index < -0.39 is 0 Å². The number of hydrogen-bond donors (Lipinski definition) is 0. The van der Waals surface area contributed by atoms with Crippen molar-refractivity contribution in [3.8, 4) is 0 Å². The topological polar surface area (TPSA) is 27.1 Å². The van der Waals surface area contributed by atoms with Crippen LogP contribution in [0.15, 0.2) is 6.20 Å². The largest absolute Gasteiger partial charge is 0.376 e. The Hall–Kier alpha value is -0.830. The van der Waals surface area contributed by atoms with E-state index in [9.17, 15) is 0 Å². The summed E-state index contributed by atoms with van der Waals surface area (Å²) in [5.74, 6) is 0. The Morgan fingerprint density at radius 2 is 2.36 bits per heavy atom. The minimum atomic E-state index is 0.122. The maximum atomic E-state index is 5.40. The van der Waals surface area contributed by atoms with E-state index in [2.05, 4.69) is 36.7 Å². The van der Waals surface area contributed by atoms with Gasteiger partial charge in [-0.15, -0.1) is 0 Å². The lowest BCUT2D eigenvalue weighted by Crippen LogP contribution is -2.25. The number of rotatable bonds is 2. The van der Waals surface area contributed by atoms with Crippen molar-refractivity contribution in [2.24, 2.45) is 0 Å². The van der Waals surface area contributed by atoms with Gasteiger partial charge < -0.3 is 4.74 Å². The summed E-state index contributed by atoms with van der Waals surface area (Å²) in [6.07, 6.45) is 4.19. The van der Waals surface area contributed by atoms with Crippen molar-refractivity contribution in [3.05, 3.63) is 17.5 Å². The molecule has 2 rings (SSSR count). The van der Waals surface area contributed by atoms with Gasteiger partial charge in [0.1, 0.15) is 0 Å². The van der Waals surface area contributed by atoms with Crippen LogP contribution < -0.4 is 0 Å². The molecule has 2 heterocycles. The van der Waals surface area contributed by atoms with Crippen LogP contribution >= 0.6 is 0 Å². The Bertz CT molecular complexity index is 305. The molecule has 0 bridgehead atoms. The van der Waals surface area contributed by atoms with Crippen LogP contribution in [0.3, 0.4) is 0 Å². The molecule has 0 atom stereocenters. The third-order valence-corrected chi connectivity index (χ3v) is 3.10. The van der Waals surface area contributed by atoms with Gasteiger partial charge in [0, 0.05) is 18.2 Å². The second-order valence-corrected chi connectivity index (χ2v) is 4.51. The van der Waals surface area contributed by atoms with Gasteiger partial charge in [0.25, 0.3) is 0 Å². The van der Waals surface area contributed by atoms with E-state index >= 15 is 0 Å². The van der Waals surface area contributed by atoms with Gasteiger partial charge >= 0.3 is 0 Å². The van der Waals surface area contributed by atoms with E-state index in [1.165, 1.54) is 11.3 Å². The highest BCUT2D eigenvalue weighted by Gasteiger charge is 2.22. The second-order valence-electron chi connectivity index (χ2n) is 4.51. The van der Waals surface area contributed by atoms with Crippen LogP contribution in [-0.4, -0.2) is 16.4 Å². The maximum Gasteiger partial charge on any atom is 0.0750 e. The van der Waals surface area contributed by atoms with Crippen molar-refractivity contribution in [2.75, 3.05) is 6.61 Å². The second kappa shape index (κ2) is 3.39. The molecule has 0 fully saturated rings. The molecule has 0 radical (unpaired) electrons. The SMILES string of the molecule is CCC(C)(C)n1cc2c(n1)CCOC2. The van der Waals surface area contributed by atoms with E-state index in [1.807, 2.05) is 0 Å². The van der Waals surface area contributed by atoms with Crippen molar-refractivity contribution < 1.29 is 4.74 Å². The fourth-order valence-electron chi connectivity index (χ4n) is 1.60. The standard InChI is InChI=1S/C11H18N2O/c1-4-11(2,3)13-7-9-8-14-6-5-10(9)12-13/h7H,4-6,8H2,1-3H3. The first-order valence-corrected chi connectivity index (χ1v) is 5.29. The summed E-state index contributed by atoms with van der Waals surface area (Å²) < 4.78 is 7.49. The molecule has 1 aromatic heterocycles. The summed E-state index contributed by atoms with van der Waals surface area (Å²) in [7, 11) is 0. The van der Waals surface area contributed by atoms with Crippen molar-refractivity contribution in [1.82, 2.24) is 9.78 Å². The summed E-state index contributed by atoms with van der Waals surface area (Å²) in [5.41, 5.74) is 2.60. The van der Waals surface area contributed by atoms with E-state index in [0.29, 0.717) is 0 Å². The third kappa shape index (κ3) is 1.57. The molecule has 1 aliphatic rings. The summed E-state index contributed by atoms with van der Waals surface area (Å²) in [6, 6.07) is 0. The quantitative estimate of drug-likeness (QED) is 0.721. The van der Waals surface area contributed by atoms with Crippen molar-refractivity contribution in [3.63, 3.8) is 0 Å². The van der Waals surface area contributed by atoms with Crippen LogP contribution in [-0.2, 0) is 23.3 Å². The molecule has 14 heavy (non-hydrogen) atoms. The lowest BCUT2D eigenvalue weighted by Gasteiger charge is -2.23. The molecule has 3 nitrogen and oxygen atoms in total. The minimum Gasteiger partial charge on any atom is -0.376 e. The fraction of sp³-hybridized carbons (Fsp3) is 0.727. The average molecular weight is 194 g/mol. The smallest absolute Gasteiger partial charge is 0.0750 e. The first-order chi connectivity index (χ1) is 6.63. The van der Waals surface area contributed by atoms with Crippen LogP contribution in [0.4, 0.5) is 0 Å². The Morgan fingerprint density at radius 1 is 1.57 bits per heavy atom. The first-order valence-electron chi connectivity index (χ1n) is 5.29. The number of ether oxygens (including phenoxy) is 1. The molecular formula is C11H18N2O. The number of hydrogen-bond acceptors (Lipinski definition) is 2. The minimum absolute atomic E-state index is 0.122. The molecule has 1 aromatic rings. The summed E-state index contributed by atoms with van der Waals surface area (Å²) in [6.45, 7) is 8.17. The molecule has 0 aliphatic carbocycles. The normalized spacial score (nSPS) is 16.8. The molecule has 0 saturated heterocycles. The Kier molecular flexibility index (Phi) is 2.35. The van der Waals surface area contributed by atoms with Gasteiger partial charge in [-0.1, -0.05) is 6.92 Å². The zero-order chi connectivity index (χ0) is 10.2. The highest BCUT2D eigenvalue weighted by atomic mass is 16.5. The molecule has 0 amide bonds. The Morgan fingerprint density at radius 3 is 3.00 bits per heavy atom. The number of nitrogens with zero attached hydrogens (tertiary/aromatic N) is 2. The zero-order valence-electron chi connectivity index (χ0n) is 9.21. The molecule has 0 spiro atoms. The molecule has 3 heteroatoms. The van der Waals surface area contributed by atoms with Crippen LogP contribution in [0.25, 0.3) is 0 Å². The molecular weight excluding hydrogens is 176 g/mol. The Balaban J connectivity index is 2.32. The van der Waals surface area contributed by atoms with E-state index in [4.69, 9.17) is 4.74 Å². The lowest BCUT2D eigenvalue weighted by atomic mass is 10.0. The van der Waals surface area contributed by atoms with Crippen molar-refractivity contribution in [1.29, 1.82) is 0 Å². The third-order valence-electron chi connectivity index (χ3n) is 3.10. The van der Waals surface area contributed by atoms with E-state index in [1.54, 1.807) is 0 Å². The highest BCUT2D eigenvalue weighted by Crippen LogP contribution is 2.22. The molecule has 0 N–H and O–H groups in total. The summed E-state index contributed by atoms with van der Waals surface area (Å²) >= 11 is 0. The van der Waals surface area contributed by atoms with Crippen LogP contribution in [0.5, 0.6) is 0 Å². The van der Waals surface area contributed by atoms with E-state index in [0.717, 1.165) is 26.1 Å². The molecule has 0 saturated carbocycles. The Labute approximate surface area is 85.1 Å². The molecule has 1 aliphatic heterocycles. The monoisotopic (exact) mass is 194 g/mol. The molecule has 0 unspecified atom stereocenters. The first kappa shape index (κ1) is 9.71. The maximum absolute atomic E-state index is 5.40. The molecule has 0 aromatic carbocycles. The zero-order valence-corrected chi connectivity index (χ0v) is 9.21. The fourth-order valence-corrected chi connectivity index (χ4v) is 1.60.